The molecule has 2 aromatic carbocycles. The number of rotatable bonds is 10. The summed E-state index contributed by atoms with van der Waals surface area (Å²) in [5.74, 6) is 1.44. The molecule has 2 bridgehead atoms. The predicted octanol–water partition coefficient (Wildman–Crippen LogP) is 8.20. The molecule has 4 aliphatic rings. The molecule has 15 heteroatoms. The third kappa shape index (κ3) is 9.55. The molecule has 5 atom stereocenters. The fraction of sp³-hybridized carbons (Fsp3) is 0.533. The van der Waals surface area contributed by atoms with Crippen LogP contribution in [0.15, 0.2) is 30.5 Å². The van der Waals surface area contributed by atoms with Crippen molar-refractivity contribution in [2.45, 2.75) is 109 Å². The Bertz CT molecular complexity index is 2170. The maximum absolute atomic E-state index is 16.4. The van der Waals surface area contributed by atoms with Gasteiger partial charge in [-0.15, -0.1) is 6.42 Å². The Hall–Kier alpha value is -5.20. The number of amides is 1. The molecule has 6 heterocycles. The second kappa shape index (κ2) is 19.9. The number of ether oxygens (including phenoxy) is 3. The van der Waals surface area contributed by atoms with Gasteiger partial charge in [0, 0.05) is 55.9 Å². The van der Waals surface area contributed by atoms with Crippen LogP contribution in [0, 0.1) is 29.9 Å². The van der Waals surface area contributed by atoms with E-state index >= 15 is 4.39 Å². The van der Waals surface area contributed by atoms with Crippen LogP contribution in [0.2, 0.25) is 0 Å². The number of carbonyl (C=O) groups is 2. The van der Waals surface area contributed by atoms with E-state index in [1.54, 1.807) is 11.8 Å². The van der Waals surface area contributed by atoms with Gasteiger partial charge in [0.05, 0.1) is 30.1 Å². The monoisotopic (exact) mass is 832 g/mol. The predicted molar refractivity (Wildman–Crippen MR) is 224 cm³/mol. The van der Waals surface area contributed by atoms with Crippen LogP contribution in [0.4, 0.5) is 23.8 Å². The fourth-order valence-electron chi connectivity index (χ4n) is 8.97. The SMILES string of the molecule is C#Cc1c(F)ccc2cc(O)cc(-c3ncc4c(N5CC6CCC(C5)N6C(=O)OC(C)OC)nc(OC)nc4c3F)c12.CCCC(C=O)CCC.F[C@@H]1CC2CCCN2C1. The van der Waals surface area contributed by atoms with Gasteiger partial charge in [0.1, 0.15) is 41.1 Å². The number of hydrogen-bond acceptors (Lipinski definition) is 11. The lowest BCUT2D eigenvalue weighted by molar-refractivity contribution is -0.111. The highest BCUT2D eigenvalue weighted by Crippen LogP contribution is 2.40. The van der Waals surface area contributed by atoms with Crippen LogP contribution in [0.1, 0.15) is 84.1 Å². The third-order valence-corrected chi connectivity index (χ3v) is 11.8. The molecule has 8 rings (SSSR count). The van der Waals surface area contributed by atoms with E-state index in [1.807, 2.05) is 4.90 Å². The van der Waals surface area contributed by atoms with Crippen molar-refractivity contribution in [3.8, 4) is 35.4 Å². The molecule has 4 fully saturated rings. The lowest BCUT2D eigenvalue weighted by Crippen LogP contribution is -2.56. The van der Waals surface area contributed by atoms with Gasteiger partial charge >= 0.3 is 12.1 Å². The summed E-state index contributed by atoms with van der Waals surface area (Å²) in [6.07, 6.45) is 15.8. The Kier molecular flexibility index (Phi) is 14.7. The van der Waals surface area contributed by atoms with Gasteiger partial charge in [-0.25, -0.2) is 18.0 Å². The van der Waals surface area contributed by atoms with Crippen molar-refractivity contribution in [1.29, 1.82) is 0 Å². The molecule has 4 aromatic rings. The Morgan fingerprint density at radius 1 is 1.05 bits per heavy atom. The average Bonchev–Trinajstić information content (AvgIpc) is 3.91. The lowest BCUT2D eigenvalue weighted by Gasteiger charge is -2.41. The molecule has 12 nitrogen and oxygen atoms in total. The van der Waals surface area contributed by atoms with Crippen molar-refractivity contribution in [2.75, 3.05) is 45.3 Å². The van der Waals surface area contributed by atoms with E-state index in [0.717, 1.165) is 57.8 Å². The number of aldehydes is 1. The molecular formula is C45H55F3N6O6. The number of hydrogen-bond donors (Lipinski definition) is 1. The Labute approximate surface area is 349 Å². The molecule has 0 radical (unpaired) electrons. The van der Waals surface area contributed by atoms with Gasteiger partial charge in [0.25, 0.3) is 0 Å². The van der Waals surface area contributed by atoms with Crippen molar-refractivity contribution in [1.82, 2.24) is 24.8 Å². The summed E-state index contributed by atoms with van der Waals surface area (Å²) in [6, 6.07) is 5.61. The minimum Gasteiger partial charge on any atom is -0.508 e. The number of phenols is 1. The van der Waals surface area contributed by atoms with Crippen LogP contribution in [-0.4, -0.2) is 113 Å². The molecule has 322 valence electrons. The van der Waals surface area contributed by atoms with Crippen molar-refractivity contribution in [2.24, 2.45) is 5.92 Å². The highest BCUT2D eigenvalue weighted by atomic mass is 19.1. The Morgan fingerprint density at radius 2 is 1.77 bits per heavy atom. The minimum atomic E-state index is -0.813. The van der Waals surface area contributed by atoms with Gasteiger partial charge in [0.15, 0.2) is 5.82 Å². The fourth-order valence-corrected chi connectivity index (χ4v) is 8.97. The number of phenolic OH excluding ortho intramolecular Hbond substituents is 1. The Morgan fingerprint density at radius 3 is 2.38 bits per heavy atom. The number of alkyl halides is 1. The standard InChI is InChI=1S/C30H27F2N5O5.C8H16O.C7H12FN/c1-5-20-23(31)9-6-16-10-19(38)11-21(24(16)20)26-25(32)27-22(12-33-26)28(35-29(34-27)41-4)36-13-17-7-8-18(14-36)37(17)30(39)42-15(2)40-3;1-3-5-8(7-9)6-4-2;8-6-4-7-2-1-3-9(7)5-6/h1,6,9-12,15,17-18,38H,7-8,13-14H2,2-4H3;7-8H,3-6H2,1-2H3;6-7H,1-5H2/t;;6-,7?/m..1/s1. The van der Waals surface area contributed by atoms with Crippen LogP contribution in [0.5, 0.6) is 11.8 Å². The van der Waals surface area contributed by atoms with Crippen molar-refractivity contribution < 1.29 is 42.1 Å². The molecular weight excluding hydrogens is 778 g/mol. The normalized spacial score (nSPS) is 21.2. The van der Waals surface area contributed by atoms with Gasteiger partial charge in [-0.2, -0.15) is 9.97 Å². The Balaban J connectivity index is 0.000000275. The first-order chi connectivity index (χ1) is 28.9. The zero-order chi connectivity index (χ0) is 43.1. The van der Waals surface area contributed by atoms with E-state index in [4.69, 9.17) is 20.6 Å². The van der Waals surface area contributed by atoms with E-state index in [2.05, 4.69) is 39.6 Å². The summed E-state index contributed by atoms with van der Waals surface area (Å²) in [5.41, 5.74) is -0.194. The number of nitrogens with zero attached hydrogens (tertiary/aromatic N) is 6. The van der Waals surface area contributed by atoms with Gasteiger partial charge in [-0.3, -0.25) is 14.8 Å². The third-order valence-electron chi connectivity index (χ3n) is 11.8. The summed E-state index contributed by atoms with van der Waals surface area (Å²) in [6.45, 7) is 8.59. The summed E-state index contributed by atoms with van der Waals surface area (Å²) in [7, 11) is 2.84. The van der Waals surface area contributed by atoms with E-state index in [9.17, 15) is 23.5 Å². The van der Waals surface area contributed by atoms with Crippen LogP contribution >= 0.6 is 0 Å². The molecule has 1 N–H and O–H groups in total. The van der Waals surface area contributed by atoms with Crippen LogP contribution in [-0.2, 0) is 14.3 Å². The summed E-state index contributed by atoms with van der Waals surface area (Å²) in [5, 5.41) is 11.4. The number of pyridine rings is 1. The molecule has 0 spiro atoms. The maximum Gasteiger partial charge on any atom is 0.412 e. The number of piperazine rings is 1. The van der Waals surface area contributed by atoms with Crippen LogP contribution in [0.3, 0.4) is 0 Å². The summed E-state index contributed by atoms with van der Waals surface area (Å²) in [4.78, 5) is 42.3. The highest BCUT2D eigenvalue weighted by molar-refractivity contribution is 6.03. The quantitative estimate of drug-likeness (QED) is 0.0943. The van der Waals surface area contributed by atoms with Crippen molar-refractivity contribution >= 4 is 39.9 Å². The van der Waals surface area contributed by atoms with E-state index in [1.165, 1.54) is 57.5 Å². The van der Waals surface area contributed by atoms with Gasteiger partial charge in [-0.05, 0) is 82.0 Å². The highest BCUT2D eigenvalue weighted by Gasteiger charge is 2.45. The van der Waals surface area contributed by atoms with Crippen LogP contribution < -0.4 is 9.64 Å². The summed E-state index contributed by atoms with van der Waals surface area (Å²) >= 11 is 0. The average molecular weight is 833 g/mol. The number of benzene rings is 2. The molecule has 4 unspecified atom stereocenters. The first kappa shape index (κ1) is 44.4. The summed E-state index contributed by atoms with van der Waals surface area (Å²) < 4.78 is 59.4. The van der Waals surface area contributed by atoms with Crippen molar-refractivity contribution in [3.05, 3.63) is 47.7 Å². The van der Waals surface area contributed by atoms with E-state index in [-0.39, 0.29) is 51.6 Å². The number of aromatic nitrogens is 3. The smallest absolute Gasteiger partial charge is 0.412 e. The first-order valence-corrected chi connectivity index (χ1v) is 20.9. The van der Waals surface area contributed by atoms with Crippen LogP contribution in [0.25, 0.3) is 32.9 Å². The number of terminal acetylenes is 1. The second-order valence-corrected chi connectivity index (χ2v) is 15.9. The molecule has 2 aromatic heterocycles. The number of carbonyl (C=O) groups excluding carboxylic acids is 2. The van der Waals surface area contributed by atoms with Crippen molar-refractivity contribution in [3.63, 3.8) is 0 Å². The molecule has 0 aliphatic carbocycles. The van der Waals surface area contributed by atoms with Gasteiger partial charge in [-0.1, -0.05) is 38.7 Å². The molecule has 0 saturated carbocycles. The number of halogens is 3. The topological polar surface area (TPSA) is 130 Å². The van der Waals surface area contributed by atoms with Gasteiger partial charge in [0.2, 0.25) is 6.29 Å². The first-order valence-electron chi connectivity index (χ1n) is 20.9. The number of methoxy groups -OCH3 is 2. The van der Waals surface area contributed by atoms with E-state index in [0.29, 0.717) is 48.2 Å². The zero-order valence-corrected chi connectivity index (χ0v) is 35.0. The largest absolute Gasteiger partial charge is 0.508 e. The zero-order valence-electron chi connectivity index (χ0n) is 35.0. The minimum absolute atomic E-state index is 0.0622. The maximum atomic E-state index is 16.4. The number of anilines is 1. The second-order valence-electron chi connectivity index (χ2n) is 15.9. The van der Waals surface area contributed by atoms with Gasteiger partial charge < -0.3 is 29.0 Å². The molecule has 1 amide bonds. The molecule has 4 aliphatic heterocycles. The number of fused-ring (bicyclic) bond motifs is 5. The van der Waals surface area contributed by atoms with E-state index < -0.39 is 30.2 Å². The number of aromatic hydroxyl groups is 1. The lowest BCUT2D eigenvalue weighted by atomic mass is 9.96. The molecule has 60 heavy (non-hydrogen) atoms. The molecule has 4 saturated heterocycles.